The van der Waals surface area contributed by atoms with E-state index in [2.05, 4.69) is 0 Å². The Morgan fingerprint density at radius 2 is 1.20 bits per heavy atom. The summed E-state index contributed by atoms with van der Waals surface area (Å²) in [5, 5.41) is 0. The molecular formula is C14H12ClF5N2O2S. The predicted molar refractivity (Wildman–Crippen MR) is 85.1 cm³/mol. The molecule has 4 nitrogen and oxygen atoms in total. The van der Waals surface area contributed by atoms with Gasteiger partial charge in [0.2, 0.25) is 5.82 Å². The molecule has 0 saturated heterocycles. The lowest BCUT2D eigenvalue weighted by atomic mass is 10.3. The Hall–Kier alpha value is -2.07. The number of rotatable bonds is 4. The lowest BCUT2D eigenvalue weighted by molar-refractivity contribution is 0.358. The zero-order valence-electron chi connectivity index (χ0n) is 12.8. The molecule has 11 heteroatoms. The normalized spacial score (nSPS) is 11.0. The van der Waals surface area contributed by atoms with Crippen molar-refractivity contribution in [2.45, 2.75) is 4.90 Å². The number of hydrogen-bond donors (Lipinski definition) is 1. The molecule has 25 heavy (non-hydrogen) atoms. The first kappa shape index (κ1) is 21.0. The van der Waals surface area contributed by atoms with Crippen molar-refractivity contribution in [3.05, 3.63) is 53.4 Å². The maximum atomic E-state index is 13.6. The minimum absolute atomic E-state index is 0. The average Bonchev–Trinajstić information content (AvgIpc) is 2.51. The first-order chi connectivity index (χ1) is 11.1. The van der Waals surface area contributed by atoms with Crippen molar-refractivity contribution >= 4 is 33.8 Å². The molecule has 138 valence electrons. The van der Waals surface area contributed by atoms with Gasteiger partial charge in [0.05, 0.1) is 0 Å². The lowest BCUT2D eigenvalue weighted by Gasteiger charge is -2.14. The Morgan fingerprint density at radius 1 is 0.800 bits per heavy atom. The third-order valence-corrected chi connectivity index (χ3v) is 4.47. The van der Waals surface area contributed by atoms with Crippen molar-refractivity contribution < 1.29 is 30.4 Å². The van der Waals surface area contributed by atoms with E-state index in [9.17, 15) is 30.4 Å². The number of hydrogen-bond acceptors (Lipinski definition) is 3. The molecule has 0 aliphatic heterocycles. The molecule has 0 saturated carbocycles. The largest absolute Gasteiger partial charge is 0.378 e. The van der Waals surface area contributed by atoms with E-state index in [-0.39, 0.29) is 18.1 Å². The van der Waals surface area contributed by atoms with Gasteiger partial charge in [0, 0.05) is 25.5 Å². The van der Waals surface area contributed by atoms with Gasteiger partial charge in [-0.25, -0.2) is 30.4 Å². The summed E-state index contributed by atoms with van der Waals surface area (Å²) in [4.78, 5) is -0.224. The SMILES string of the molecule is CN(C)c1ccc(NS(=O)(=O)c2c(F)c(F)c(F)c(F)c2F)cc1.Cl. The highest BCUT2D eigenvalue weighted by atomic mass is 35.5. The van der Waals surface area contributed by atoms with E-state index in [0.29, 0.717) is 5.69 Å². The molecule has 0 aromatic heterocycles. The molecule has 0 amide bonds. The second kappa shape index (κ2) is 7.44. The van der Waals surface area contributed by atoms with Crippen molar-refractivity contribution in [3.8, 4) is 0 Å². The van der Waals surface area contributed by atoms with Gasteiger partial charge >= 0.3 is 0 Å². The molecule has 1 N–H and O–H groups in total. The van der Waals surface area contributed by atoms with Gasteiger partial charge in [-0.3, -0.25) is 4.72 Å². The van der Waals surface area contributed by atoms with E-state index >= 15 is 0 Å². The molecule has 0 atom stereocenters. The van der Waals surface area contributed by atoms with Gasteiger partial charge in [-0.2, -0.15) is 0 Å². The molecule has 0 radical (unpaired) electrons. The zero-order chi connectivity index (χ0) is 18.2. The summed E-state index contributed by atoms with van der Waals surface area (Å²) in [6, 6.07) is 5.55. The quantitative estimate of drug-likeness (QED) is 0.482. The van der Waals surface area contributed by atoms with E-state index in [4.69, 9.17) is 0 Å². The fraction of sp³-hybridized carbons (Fsp3) is 0.143. The summed E-state index contributed by atoms with van der Waals surface area (Å²) in [6.07, 6.45) is 0. The topological polar surface area (TPSA) is 49.4 Å². The molecular weight excluding hydrogens is 391 g/mol. The van der Waals surface area contributed by atoms with Crippen LogP contribution in [-0.2, 0) is 10.0 Å². The Labute approximate surface area is 146 Å². The lowest BCUT2D eigenvalue weighted by Crippen LogP contribution is -2.19. The summed E-state index contributed by atoms with van der Waals surface area (Å²) in [6.45, 7) is 0. The molecule has 0 heterocycles. The van der Waals surface area contributed by atoms with Crippen LogP contribution in [0, 0.1) is 29.1 Å². The van der Waals surface area contributed by atoms with Crippen LogP contribution in [0.25, 0.3) is 0 Å². The van der Waals surface area contributed by atoms with Crippen molar-refractivity contribution in [2.24, 2.45) is 0 Å². The third-order valence-electron chi connectivity index (χ3n) is 3.07. The summed E-state index contributed by atoms with van der Waals surface area (Å²) in [5.41, 5.74) is 0.596. The van der Waals surface area contributed by atoms with Crippen LogP contribution in [0.15, 0.2) is 29.2 Å². The number of nitrogens with zero attached hydrogens (tertiary/aromatic N) is 1. The van der Waals surface area contributed by atoms with Crippen LogP contribution >= 0.6 is 12.4 Å². The van der Waals surface area contributed by atoms with E-state index < -0.39 is 44.0 Å². The summed E-state index contributed by atoms with van der Waals surface area (Å²) >= 11 is 0. The number of anilines is 2. The van der Waals surface area contributed by atoms with Gasteiger partial charge in [0.15, 0.2) is 28.2 Å². The molecule has 0 unspecified atom stereocenters. The zero-order valence-corrected chi connectivity index (χ0v) is 14.4. The van der Waals surface area contributed by atoms with Crippen LogP contribution < -0.4 is 9.62 Å². The standard InChI is InChI=1S/C14H11F5N2O2S.ClH/c1-21(2)8-5-3-7(4-6-8)20-24(22,23)14-12(18)10(16)9(15)11(17)13(14)19;/h3-6,20H,1-2H3;1H. The summed E-state index contributed by atoms with van der Waals surface area (Å²) < 4.78 is 92.4. The maximum Gasteiger partial charge on any atom is 0.267 e. The van der Waals surface area contributed by atoms with E-state index in [1.807, 2.05) is 0 Å². The van der Waals surface area contributed by atoms with Crippen LogP contribution in [0.2, 0.25) is 0 Å². The fourth-order valence-electron chi connectivity index (χ4n) is 1.85. The second-order valence-electron chi connectivity index (χ2n) is 4.95. The summed E-state index contributed by atoms with van der Waals surface area (Å²) in [5.74, 6) is -12.0. The third kappa shape index (κ3) is 3.96. The van der Waals surface area contributed by atoms with Gasteiger partial charge < -0.3 is 4.90 Å². The molecule has 0 fully saturated rings. The average molecular weight is 403 g/mol. The number of halogens is 6. The highest BCUT2D eigenvalue weighted by Crippen LogP contribution is 2.28. The number of sulfonamides is 1. The predicted octanol–water partition coefficient (Wildman–Crippen LogP) is 3.67. The van der Waals surface area contributed by atoms with Crippen molar-refractivity contribution in [2.75, 3.05) is 23.7 Å². The van der Waals surface area contributed by atoms with Crippen LogP contribution in [0.1, 0.15) is 0 Å². The Balaban J connectivity index is 0.00000312. The minimum Gasteiger partial charge on any atom is -0.378 e. The summed E-state index contributed by atoms with van der Waals surface area (Å²) in [7, 11) is -1.57. The Morgan fingerprint density at radius 3 is 1.60 bits per heavy atom. The van der Waals surface area contributed by atoms with Crippen LogP contribution in [0.4, 0.5) is 33.3 Å². The van der Waals surface area contributed by atoms with Crippen molar-refractivity contribution in [3.63, 3.8) is 0 Å². The highest BCUT2D eigenvalue weighted by molar-refractivity contribution is 7.92. The first-order valence-electron chi connectivity index (χ1n) is 6.38. The van der Waals surface area contributed by atoms with E-state index in [1.165, 1.54) is 24.3 Å². The van der Waals surface area contributed by atoms with Gasteiger partial charge in [-0.15, -0.1) is 12.4 Å². The Kier molecular flexibility index (Phi) is 6.24. The van der Waals surface area contributed by atoms with Crippen molar-refractivity contribution in [1.82, 2.24) is 0 Å². The molecule has 2 aromatic carbocycles. The number of benzene rings is 2. The fourth-order valence-corrected chi connectivity index (χ4v) is 3.05. The minimum atomic E-state index is -5.03. The molecule has 0 spiro atoms. The first-order valence-corrected chi connectivity index (χ1v) is 7.86. The molecule has 0 bridgehead atoms. The van der Waals surface area contributed by atoms with E-state index in [1.54, 1.807) is 23.7 Å². The smallest absolute Gasteiger partial charge is 0.267 e. The highest BCUT2D eigenvalue weighted by Gasteiger charge is 2.33. The maximum absolute atomic E-state index is 13.6. The molecule has 2 rings (SSSR count). The van der Waals surface area contributed by atoms with E-state index in [0.717, 1.165) is 0 Å². The van der Waals surface area contributed by atoms with Crippen LogP contribution in [0.3, 0.4) is 0 Å². The Bertz CT molecular complexity index is 860. The van der Waals surface area contributed by atoms with Gasteiger partial charge in [-0.1, -0.05) is 0 Å². The van der Waals surface area contributed by atoms with Gasteiger partial charge in [0.1, 0.15) is 0 Å². The molecule has 2 aromatic rings. The second-order valence-corrected chi connectivity index (χ2v) is 6.57. The van der Waals surface area contributed by atoms with Crippen molar-refractivity contribution in [1.29, 1.82) is 0 Å². The van der Waals surface area contributed by atoms with Gasteiger partial charge in [0.25, 0.3) is 10.0 Å². The monoisotopic (exact) mass is 402 g/mol. The van der Waals surface area contributed by atoms with Gasteiger partial charge in [-0.05, 0) is 24.3 Å². The van der Waals surface area contributed by atoms with Crippen LogP contribution in [-0.4, -0.2) is 22.5 Å². The number of nitrogens with one attached hydrogen (secondary N) is 1. The van der Waals surface area contributed by atoms with Crippen LogP contribution in [0.5, 0.6) is 0 Å². The molecule has 0 aliphatic rings. The molecule has 0 aliphatic carbocycles.